The third-order valence-corrected chi connectivity index (χ3v) is 7.94. The van der Waals surface area contributed by atoms with Crippen LogP contribution in [0.2, 0.25) is 10.0 Å². The number of amides is 1. The van der Waals surface area contributed by atoms with Crippen molar-refractivity contribution in [3.05, 3.63) is 94.0 Å². The van der Waals surface area contributed by atoms with E-state index in [4.69, 9.17) is 23.2 Å². The van der Waals surface area contributed by atoms with Crippen molar-refractivity contribution in [2.24, 2.45) is 0 Å². The summed E-state index contributed by atoms with van der Waals surface area (Å²) < 4.78 is 2.04. The van der Waals surface area contributed by atoms with Gasteiger partial charge in [-0.3, -0.25) is 4.79 Å². The summed E-state index contributed by atoms with van der Waals surface area (Å²) in [6, 6.07) is 23.7. The molecule has 7 heteroatoms. The Morgan fingerprint density at radius 3 is 2.34 bits per heavy atom. The van der Waals surface area contributed by atoms with Gasteiger partial charge in [-0.05, 0) is 60.9 Å². The second-order valence-corrected chi connectivity index (χ2v) is 10.7. The number of rotatable bonds is 8. The largest absolute Gasteiger partial charge is 0.352 e. The SMILES string of the molecule is CC(NC(=O)CSc1nc2ccccc2s1)C(Cc1ccc(Cl)cc1)c1ccc(Cl)cc1. The average molecular weight is 502 g/mol. The van der Waals surface area contributed by atoms with Gasteiger partial charge in [0.05, 0.1) is 16.0 Å². The maximum Gasteiger partial charge on any atom is 0.230 e. The maximum absolute atomic E-state index is 12.7. The van der Waals surface area contributed by atoms with E-state index in [0.717, 1.165) is 26.5 Å². The van der Waals surface area contributed by atoms with E-state index in [9.17, 15) is 4.79 Å². The number of hydrogen-bond donors (Lipinski definition) is 1. The van der Waals surface area contributed by atoms with E-state index in [1.54, 1.807) is 11.3 Å². The molecule has 0 bridgehead atoms. The highest BCUT2D eigenvalue weighted by Gasteiger charge is 2.22. The number of thiazole rings is 1. The van der Waals surface area contributed by atoms with Crippen molar-refractivity contribution in [2.45, 2.75) is 29.6 Å². The Morgan fingerprint density at radius 2 is 1.66 bits per heavy atom. The first kappa shape index (κ1) is 23.1. The second-order valence-electron chi connectivity index (χ2n) is 7.58. The Kier molecular flexibility index (Phi) is 7.74. The molecule has 164 valence electrons. The number of benzene rings is 3. The van der Waals surface area contributed by atoms with Crippen LogP contribution < -0.4 is 5.32 Å². The first-order valence-corrected chi connectivity index (χ1v) is 12.8. The number of thioether (sulfide) groups is 1. The topological polar surface area (TPSA) is 42.0 Å². The van der Waals surface area contributed by atoms with Crippen molar-refractivity contribution < 1.29 is 4.79 Å². The van der Waals surface area contributed by atoms with E-state index < -0.39 is 0 Å². The zero-order valence-corrected chi connectivity index (χ0v) is 20.6. The zero-order valence-electron chi connectivity index (χ0n) is 17.4. The standard InChI is InChI=1S/C25H22Cl2N2OS2/c1-16(28-24(30)15-31-25-29-22-4-2-3-5-23(22)32-25)21(18-8-12-20(27)13-9-18)14-17-6-10-19(26)11-7-17/h2-13,16,21H,14-15H2,1H3,(H,28,30). The Morgan fingerprint density at radius 1 is 1.00 bits per heavy atom. The molecule has 1 amide bonds. The van der Waals surface area contributed by atoms with Crippen LogP contribution in [0.1, 0.15) is 24.0 Å². The summed E-state index contributed by atoms with van der Waals surface area (Å²) in [6.45, 7) is 2.05. The lowest BCUT2D eigenvalue weighted by molar-refractivity contribution is -0.119. The van der Waals surface area contributed by atoms with Gasteiger partial charge in [0.1, 0.15) is 0 Å². The number of nitrogens with zero attached hydrogens (tertiary/aromatic N) is 1. The van der Waals surface area contributed by atoms with Gasteiger partial charge in [-0.15, -0.1) is 11.3 Å². The average Bonchev–Trinajstić information content (AvgIpc) is 3.21. The molecule has 32 heavy (non-hydrogen) atoms. The minimum Gasteiger partial charge on any atom is -0.352 e. The Labute approximate surface area is 206 Å². The molecular formula is C25H22Cl2N2OS2. The second kappa shape index (κ2) is 10.7. The van der Waals surface area contributed by atoms with Crippen molar-refractivity contribution in [3.63, 3.8) is 0 Å². The Bertz CT molecular complexity index is 1160. The maximum atomic E-state index is 12.7. The fourth-order valence-electron chi connectivity index (χ4n) is 3.60. The van der Waals surface area contributed by atoms with Crippen molar-refractivity contribution >= 4 is 62.4 Å². The van der Waals surface area contributed by atoms with Gasteiger partial charge in [0.25, 0.3) is 0 Å². The first-order chi connectivity index (χ1) is 15.5. The van der Waals surface area contributed by atoms with E-state index in [-0.39, 0.29) is 17.9 Å². The number of hydrogen-bond acceptors (Lipinski definition) is 4. The fraction of sp³-hybridized carbons (Fsp3) is 0.200. The molecular weight excluding hydrogens is 479 g/mol. The van der Waals surface area contributed by atoms with Crippen LogP contribution in [-0.2, 0) is 11.2 Å². The van der Waals surface area contributed by atoms with Crippen molar-refractivity contribution in [2.75, 3.05) is 5.75 Å². The molecule has 1 N–H and O–H groups in total. The van der Waals surface area contributed by atoms with E-state index in [1.165, 1.54) is 17.3 Å². The molecule has 4 rings (SSSR count). The normalized spacial score (nSPS) is 13.1. The summed E-state index contributed by atoms with van der Waals surface area (Å²) in [6.07, 6.45) is 0.783. The first-order valence-electron chi connectivity index (χ1n) is 10.3. The Balaban J connectivity index is 1.43. The third kappa shape index (κ3) is 6.04. The van der Waals surface area contributed by atoms with Crippen LogP contribution in [0, 0.1) is 0 Å². The van der Waals surface area contributed by atoms with Crippen LogP contribution >= 0.6 is 46.3 Å². The number of halogens is 2. The van der Waals surface area contributed by atoms with Crippen molar-refractivity contribution in [3.8, 4) is 0 Å². The number of aromatic nitrogens is 1. The predicted octanol–water partition coefficient (Wildman–Crippen LogP) is 7.23. The third-order valence-electron chi connectivity index (χ3n) is 5.26. The van der Waals surface area contributed by atoms with Gasteiger partial charge in [0, 0.05) is 22.0 Å². The van der Waals surface area contributed by atoms with E-state index in [1.807, 2.05) is 72.8 Å². The molecule has 0 aliphatic carbocycles. The van der Waals surface area contributed by atoms with Gasteiger partial charge in [-0.25, -0.2) is 4.98 Å². The van der Waals surface area contributed by atoms with Crippen LogP contribution in [0.3, 0.4) is 0 Å². The van der Waals surface area contributed by atoms with E-state index in [2.05, 4.69) is 17.2 Å². The van der Waals surface area contributed by atoms with Gasteiger partial charge in [-0.2, -0.15) is 0 Å². The summed E-state index contributed by atoms with van der Waals surface area (Å²) in [5.41, 5.74) is 3.27. The smallest absolute Gasteiger partial charge is 0.230 e. The van der Waals surface area contributed by atoms with Gasteiger partial charge in [0.15, 0.2) is 4.34 Å². The van der Waals surface area contributed by atoms with Crippen LogP contribution in [-0.4, -0.2) is 22.7 Å². The number of carbonyl (C=O) groups is 1. The molecule has 4 aromatic rings. The quantitative estimate of drug-likeness (QED) is 0.259. The Hall–Kier alpha value is -2.05. The highest BCUT2D eigenvalue weighted by atomic mass is 35.5. The van der Waals surface area contributed by atoms with Gasteiger partial charge in [-0.1, -0.05) is 71.4 Å². The number of carbonyl (C=O) groups excluding carboxylic acids is 1. The molecule has 0 spiro atoms. The molecule has 0 saturated carbocycles. The fourth-order valence-corrected chi connectivity index (χ4v) is 5.74. The van der Waals surface area contributed by atoms with Crippen molar-refractivity contribution in [1.82, 2.24) is 10.3 Å². The summed E-state index contributed by atoms with van der Waals surface area (Å²) in [5, 5.41) is 4.60. The number of nitrogens with one attached hydrogen (secondary N) is 1. The van der Waals surface area contributed by atoms with Crippen LogP contribution in [0.15, 0.2) is 77.1 Å². The van der Waals surface area contributed by atoms with Crippen molar-refractivity contribution in [1.29, 1.82) is 0 Å². The predicted molar refractivity (Wildman–Crippen MR) is 137 cm³/mol. The highest BCUT2D eigenvalue weighted by molar-refractivity contribution is 8.01. The molecule has 3 aromatic carbocycles. The molecule has 0 saturated heterocycles. The van der Waals surface area contributed by atoms with Gasteiger partial charge in [0.2, 0.25) is 5.91 Å². The van der Waals surface area contributed by atoms with Gasteiger partial charge >= 0.3 is 0 Å². The molecule has 2 atom stereocenters. The van der Waals surface area contributed by atoms with Crippen LogP contribution in [0.4, 0.5) is 0 Å². The molecule has 0 fully saturated rings. The van der Waals surface area contributed by atoms with E-state index in [0.29, 0.717) is 15.8 Å². The lowest BCUT2D eigenvalue weighted by Gasteiger charge is -2.26. The minimum absolute atomic E-state index is 0.00294. The molecule has 0 aliphatic rings. The lowest BCUT2D eigenvalue weighted by atomic mass is 9.86. The zero-order chi connectivity index (χ0) is 22.5. The summed E-state index contributed by atoms with van der Waals surface area (Å²) >= 11 is 15.2. The summed E-state index contributed by atoms with van der Waals surface area (Å²) in [4.78, 5) is 17.3. The van der Waals surface area contributed by atoms with Crippen LogP contribution in [0.25, 0.3) is 10.2 Å². The molecule has 1 aromatic heterocycles. The molecule has 0 radical (unpaired) electrons. The van der Waals surface area contributed by atoms with Gasteiger partial charge < -0.3 is 5.32 Å². The molecule has 3 nitrogen and oxygen atoms in total. The molecule has 1 heterocycles. The highest BCUT2D eigenvalue weighted by Crippen LogP contribution is 2.30. The van der Waals surface area contributed by atoms with Crippen LogP contribution in [0.5, 0.6) is 0 Å². The lowest BCUT2D eigenvalue weighted by Crippen LogP contribution is -2.38. The minimum atomic E-state index is -0.0599. The monoisotopic (exact) mass is 500 g/mol. The number of para-hydroxylation sites is 1. The number of fused-ring (bicyclic) bond motifs is 1. The van der Waals surface area contributed by atoms with E-state index >= 15 is 0 Å². The molecule has 0 aliphatic heterocycles. The molecule has 2 unspecified atom stereocenters. The summed E-state index contributed by atoms with van der Waals surface area (Å²) in [5.74, 6) is 0.431. The summed E-state index contributed by atoms with van der Waals surface area (Å²) in [7, 11) is 0.